The van der Waals surface area contributed by atoms with E-state index in [1.807, 2.05) is 72.8 Å². The van der Waals surface area contributed by atoms with Gasteiger partial charge in [-0.2, -0.15) is 0 Å². The van der Waals surface area contributed by atoms with Crippen molar-refractivity contribution in [2.45, 2.75) is 26.7 Å². The summed E-state index contributed by atoms with van der Waals surface area (Å²) in [5.41, 5.74) is 15.6. The largest absolute Gasteiger partial charge is 0.457 e. The van der Waals surface area contributed by atoms with Gasteiger partial charge in [0, 0.05) is 11.4 Å². The Morgan fingerprint density at radius 3 is 1.06 bits per heavy atom. The van der Waals surface area contributed by atoms with Crippen molar-refractivity contribution in [3.05, 3.63) is 108 Å². The van der Waals surface area contributed by atoms with E-state index in [2.05, 4.69) is 38.1 Å². The highest BCUT2D eigenvalue weighted by Gasteiger charge is 2.19. The topological polar surface area (TPSA) is 70.5 Å². The number of nitrogens with two attached hydrogens (primary N) is 2. The highest BCUT2D eigenvalue weighted by Crippen LogP contribution is 2.30. The summed E-state index contributed by atoms with van der Waals surface area (Å²) in [7, 11) is 0. The molecule has 4 nitrogen and oxygen atoms in total. The van der Waals surface area contributed by atoms with E-state index >= 15 is 0 Å². The molecular weight excluding hydrogens is 408 g/mol. The van der Waals surface area contributed by atoms with E-state index < -0.39 is 0 Å². The molecule has 4 aromatic rings. The number of nitrogen functional groups attached to an aromatic ring is 2. The first-order chi connectivity index (χ1) is 15.8. The number of hydrogen-bond donors (Lipinski definition) is 2. The van der Waals surface area contributed by atoms with Crippen LogP contribution in [0.3, 0.4) is 0 Å². The lowest BCUT2D eigenvalue weighted by atomic mass is 9.80. The Bertz CT molecular complexity index is 1070. The second-order valence-electron chi connectivity index (χ2n) is 9.15. The van der Waals surface area contributed by atoms with Crippen LogP contribution in [0, 0.1) is 5.41 Å². The molecule has 0 radical (unpaired) electrons. The van der Waals surface area contributed by atoms with Gasteiger partial charge >= 0.3 is 0 Å². The lowest BCUT2D eigenvalue weighted by Gasteiger charge is -2.25. The van der Waals surface area contributed by atoms with Crippen LogP contribution in [0.5, 0.6) is 23.0 Å². The second-order valence-corrected chi connectivity index (χ2v) is 9.15. The molecule has 0 unspecified atom stereocenters. The predicted octanol–water partition coefficient (Wildman–Crippen LogP) is 7.25. The van der Waals surface area contributed by atoms with Gasteiger partial charge in [-0.3, -0.25) is 0 Å². The van der Waals surface area contributed by atoms with E-state index in [1.165, 1.54) is 11.1 Å². The van der Waals surface area contributed by atoms with Gasteiger partial charge in [0.1, 0.15) is 23.0 Å². The van der Waals surface area contributed by atoms with Gasteiger partial charge in [-0.1, -0.05) is 38.1 Å². The Kier molecular flexibility index (Phi) is 6.55. The van der Waals surface area contributed by atoms with E-state index in [4.69, 9.17) is 20.9 Å². The smallest absolute Gasteiger partial charge is 0.127 e. The summed E-state index contributed by atoms with van der Waals surface area (Å²) in [6.07, 6.45) is 1.94. The Morgan fingerprint density at radius 2 is 0.758 bits per heavy atom. The van der Waals surface area contributed by atoms with Gasteiger partial charge in [0.25, 0.3) is 0 Å². The van der Waals surface area contributed by atoms with Crippen LogP contribution in [-0.2, 0) is 12.8 Å². The summed E-state index contributed by atoms with van der Waals surface area (Å²) in [5.74, 6) is 3.19. The first-order valence-electron chi connectivity index (χ1n) is 11.1. The van der Waals surface area contributed by atoms with Gasteiger partial charge in [-0.05, 0) is 102 Å². The molecule has 4 rings (SSSR count). The molecule has 168 valence electrons. The van der Waals surface area contributed by atoms with Gasteiger partial charge in [-0.15, -0.1) is 0 Å². The van der Waals surface area contributed by atoms with Crippen molar-refractivity contribution in [2.75, 3.05) is 11.5 Å². The van der Waals surface area contributed by atoms with Crippen LogP contribution in [0.25, 0.3) is 0 Å². The molecule has 0 aliphatic rings. The average Bonchev–Trinajstić information content (AvgIpc) is 2.79. The van der Waals surface area contributed by atoms with Crippen LogP contribution in [0.4, 0.5) is 11.4 Å². The Hall–Kier alpha value is -3.92. The van der Waals surface area contributed by atoms with Crippen LogP contribution in [-0.4, -0.2) is 0 Å². The zero-order valence-electron chi connectivity index (χ0n) is 19.1. The van der Waals surface area contributed by atoms with Crippen molar-refractivity contribution >= 4 is 11.4 Å². The van der Waals surface area contributed by atoms with Crippen LogP contribution in [0.2, 0.25) is 0 Å². The molecule has 0 heterocycles. The van der Waals surface area contributed by atoms with Crippen molar-refractivity contribution in [1.82, 2.24) is 0 Å². The fourth-order valence-corrected chi connectivity index (χ4v) is 3.86. The number of ether oxygens (including phenoxy) is 2. The minimum Gasteiger partial charge on any atom is -0.457 e. The van der Waals surface area contributed by atoms with Gasteiger partial charge in [-0.25, -0.2) is 0 Å². The minimum absolute atomic E-state index is 0.110. The molecule has 4 heteroatoms. The van der Waals surface area contributed by atoms with Crippen LogP contribution >= 0.6 is 0 Å². The molecule has 0 fully saturated rings. The number of benzene rings is 4. The monoisotopic (exact) mass is 438 g/mol. The molecule has 33 heavy (non-hydrogen) atoms. The zero-order chi connectivity index (χ0) is 23.3. The fourth-order valence-electron chi connectivity index (χ4n) is 3.86. The fraction of sp³-hybridized carbons (Fsp3) is 0.172. The lowest BCUT2D eigenvalue weighted by Crippen LogP contribution is -2.18. The number of rotatable bonds is 8. The highest BCUT2D eigenvalue weighted by molar-refractivity contribution is 5.44. The third-order valence-corrected chi connectivity index (χ3v) is 5.44. The average molecular weight is 439 g/mol. The SMILES string of the molecule is CC(C)(Cc1ccc(Oc2ccc(N)cc2)cc1)Cc1ccc(Oc2ccc(N)cc2)cc1. The zero-order valence-corrected chi connectivity index (χ0v) is 19.1. The van der Waals surface area contributed by atoms with Crippen LogP contribution in [0.1, 0.15) is 25.0 Å². The van der Waals surface area contributed by atoms with Crippen molar-refractivity contribution < 1.29 is 9.47 Å². The second kappa shape index (κ2) is 9.70. The summed E-state index contributed by atoms with van der Waals surface area (Å²) in [4.78, 5) is 0. The molecule has 0 amide bonds. The van der Waals surface area contributed by atoms with Gasteiger partial charge < -0.3 is 20.9 Å². The molecule has 0 aromatic heterocycles. The maximum Gasteiger partial charge on any atom is 0.127 e. The molecule has 4 aromatic carbocycles. The summed E-state index contributed by atoms with van der Waals surface area (Å²) in [6.45, 7) is 4.59. The highest BCUT2D eigenvalue weighted by atomic mass is 16.5. The molecular formula is C29H30N2O2. The summed E-state index contributed by atoms with van der Waals surface area (Å²) in [5, 5.41) is 0. The van der Waals surface area contributed by atoms with Crippen LogP contribution in [0.15, 0.2) is 97.1 Å². The molecule has 0 spiro atoms. The lowest BCUT2D eigenvalue weighted by molar-refractivity contribution is 0.360. The molecule has 0 saturated carbocycles. The Labute approximate surface area is 195 Å². The number of anilines is 2. The molecule has 0 saturated heterocycles. The Morgan fingerprint density at radius 1 is 0.485 bits per heavy atom. The van der Waals surface area contributed by atoms with Gasteiger partial charge in [0.2, 0.25) is 0 Å². The van der Waals surface area contributed by atoms with E-state index in [-0.39, 0.29) is 5.41 Å². The third kappa shape index (κ3) is 6.53. The maximum atomic E-state index is 5.90. The third-order valence-electron chi connectivity index (χ3n) is 5.44. The van der Waals surface area contributed by atoms with Crippen molar-refractivity contribution in [3.8, 4) is 23.0 Å². The molecule has 0 atom stereocenters. The first-order valence-corrected chi connectivity index (χ1v) is 11.1. The van der Waals surface area contributed by atoms with Crippen molar-refractivity contribution in [3.63, 3.8) is 0 Å². The predicted molar refractivity (Wildman–Crippen MR) is 136 cm³/mol. The minimum atomic E-state index is 0.110. The molecule has 0 bridgehead atoms. The summed E-state index contributed by atoms with van der Waals surface area (Å²) >= 11 is 0. The summed E-state index contributed by atoms with van der Waals surface area (Å²) < 4.78 is 11.8. The number of hydrogen-bond acceptors (Lipinski definition) is 4. The normalized spacial score (nSPS) is 11.2. The molecule has 4 N–H and O–H groups in total. The van der Waals surface area contributed by atoms with E-state index in [9.17, 15) is 0 Å². The Balaban J connectivity index is 1.33. The standard InChI is InChI=1S/C29H30N2O2/c1-29(2,19-21-3-11-25(12-4-21)32-27-15-7-23(30)8-16-27)20-22-5-13-26(14-6-22)33-28-17-9-24(31)10-18-28/h3-18H,19-20,30-31H2,1-2H3. The van der Waals surface area contributed by atoms with E-state index in [0.717, 1.165) is 47.2 Å². The first kappa shape index (κ1) is 22.3. The molecule has 0 aliphatic heterocycles. The van der Waals surface area contributed by atoms with E-state index in [1.54, 1.807) is 0 Å². The molecule has 0 aliphatic carbocycles. The van der Waals surface area contributed by atoms with E-state index in [0.29, 0.717) is 0 Å². The maximum absolute atomic E-state index is 5.90. The van der Waals surface area contributed by atoms with Gasteiger partial charge in [0.15, 0.2) is 0 Å². The van der Waals surface area contributed by atoms with Crippen molar-refractivity contribution in [1.29, 1.82) is 0 Å². The van der Waals surface area contributed by atoms with Gasteiger partial charge in [0.05, 0.1) is 0 Å². The summed E-state index contributed by atoms with van der Waals surface area (Å²) in [6, 6.07) is 31.5. The van der Waals surface area contributed by atoms with Crippen LogP contribution < -0.4 is 20.9 Å². The van der Waals surface area contributed by atoms with Crippen molar-refractivity contribution in [2.24, 2.45) is 5.41 Å². The quantitative estimate of drug-likeness (QED) is 0.284.